The molecule has 0 aromatic carbocycles. The first-order valence-corrected chi connectivity index (χ1v) is 6.54. The Hall–Kier alpha value is -2.28. The van der Waals surface area contributed by atoms with Crippen molar-refractivity contribution in [1.82, 2.24) is 19.9 Å². The van der Waals surface area contributed by atoms with Crippen LogP contribution in [0.5, 0.6) is 0 Å². The van der Waals surface area contributed by atoms with Crippen LogP contribution in [-0.4, -0.2) is 46.2 Å². The van der Waals surface area contributed by atoms with Crippen LogP contribution in [-0.2, 0) is 11.2 Å². The highest BCUT2D eigenvalue weighted by Crippen LogP contribution is 2.12. The summed E-state index contributed by atoms with van der Waals surface area (Å²) in [6.45, 7) is 2.90. The first-order valence-electron chi connectivity index (χ1n) is 6.54. The number of hydrogen-bond acceptors (Lipinski definition) is 7. The van der Waals surface area contributed by atoms with Gasteiger partial charge in [0, 0.05) is 25.0 Å². The molecule has 0 amide bonds. The molecular weight excluding hydrogens is 256 g/mol. The van der Waals surface area contributed by atoms with Gasteiger partial charge in [-0.05, 0) is 12.1 Å². The fraction of sp³-hybridized carbons (Fsp3) is 0.385. The van der Waals surface area contributed by atoms with Crippen molar-refractivity contribution in [3.63, 3.8) is 0 Å². The number of rotatable bonds is 3. The van der Waals surface area contributed by atoms with Crippen molar-refractivity contribution < 1.29 is 4.74 Å². The third-order valence-electron chi connectivity index (χ3n) is 3.05. The summed E-state index contributed by atoms with van der Waals surface area (Å²) in [6.07, 6.45) is 2.30. The van der Waals surface area contributed by atoms with Gasteiger partial charge in [0.2, 0.25) is 11.9 Å². The summed E-state index contributed by atoms with van der Waals surface area (Å²) in [4.78, 5) is 19.2. The topological polar surface area (TPSA) is 90.0 Å². The normalized spacial score (nSPS) is 15.3. The molecule has 2 aromatic rings. The second-order valence-corrected chi connectivity index (χ2v) is 4.51. The van der Waals surface area contributed by atoms with Gasteiger partial charge in [0.25, 0.3) is 0 Å². The molecule has 1 aliphatic rings. The fourth-order valence-corrected chi connectivity index (χ4v) is 2.07. The Kier molecular flexibility index (Phi) is 3.69. The molecule has 1 fully saturated rings. The largest absolute Gasteiger partial charge is 0.378 e. The minimum atomic E-state index is 0.243. The van der Waals surface area contributed by atoms with Crippen molar-refractivity contribution in [1.29, 1.82) is 0 Å². The van der Waals surface area contributed by atoms with Crippen molar-refractivity contribution in [2.24, 2.45) is 0 Å². The lowest BCUT2D eigenvalue weighted by molar-refractivity contribution is 0.122. The molecule has 0 spiro atoms. The predicted octanol–water partition coefficient (Wildman–Crippen LogP) is 0.276. The number of hydrogen-bond donors (Lipinski definition) is 1. The first-order chi connectivity index (χ1) is 9.81. The van der Waals surface area contributed by atoms with E-state index in [2.05, 4.69) is 24.8 Å². The molecule has 3 rings (SSSR count). The number of aromatic nitrogens is 4. The molecule has 2 N–H and O–H groups in total. The van der Waals surface area contributed by atoms with Crippen LogP contribution in [0.2, 0.25) is 0 Å². The Labute approximate surface area is 116 Å². The molecule has 20 heavy (non-hydrogen) atoms. The zero-order valence-electron chi connectivity index (χ0n) is 11.1. The van der Waals surface area contributed by atoms with E-state index in [1.54, 1.807) is 6.20 Å². The minimum Gasteiger partial charge on any atom is -0.378 e. The Morgan fingerprint density at radius 1 is 1.15 bits per heavy atom. The Morgan fingerprint density at radius 3 is 2.75 bits per heavy atom. The average molecular weight is 272 g/mol. The number of ether oxygens (including phenoxy) is 1. The lowest BCUT2D eigenvalue weighted by Crippen LogP contribution is -2.37. The summed E-state index contributed by atoms with van der Waals surface area (Å²) in [5, 5.41) is 0. The molecule has 7 nitrogen and oxygen atoms in total. The maximum Gasteiger partial charge on any atom is 0.230 e. The van der Waals surface area contributed by atoms with Crippen molar-refractivity contribution in [2.45, 2.75) is 6.42 Å². The standard InChI is InChI=1S/C13H16N6O/c14-12-16-11(9-10-3-1-2-4-15-10)17-13(18-12)19-5-7-20-8-6-19/h1-4H,5-9H2,(H2,14,16,17,18). The van der Waals surface area contributed by atoms with Crippen molar-refractivity contribution in [3.8, 4) is 0 Å². The zero-order chi connectivity index (χ0) is 13.8. The molecule has 7 heteroatoms. The van der Waals surface area contributed by atoms with Gasteiger partial charge in [-0.1, -0.05) is 6.07 Å². The van der Waals surface area contributed by atoms with Crippen LogP contribution in [0.25, 0.3) is 0 Å². The van der Waals surface area contributed by atoms with E-state index < -0.39 is 0 Å². The second-order valence-electron chi connectivity index (χ2n) is 4.51. The van der Waals surface area contributed by atoms with Gasteiger partial charge >= 0.3 is 0 Å². The minimum absolute atomic E-state index is 0.243. The van der Waals surface area contributed by atoms with Crippen LogP contribution >= 0.6 is 0 Å². The predicted molar refractivity (Wildman–Crippen MR) is 74.3 cm³/mol. The van der Waals surface area contributed by atoms with E-state index in [4.69, 9.17) is 10.5 Å². The van der Waals surface area contributed by atoms with Crippen molar-refractivity contribution in [2.75, 3.05) is 36.9 Å². The van der Waals surface area contributed by atoms with Crippen LogP contribution in [0.15, 0.2) is 24.4 Å². The van der Waals surface area contributed by atoms with Crippen LogP contribution in [0, 0.1) is 0 Å². The summed E-state index contributed by atoms with van der Waals surface area (Å²) in [5.41, 5.74) is 6.69. The number of morpholine rings is 1. The molecule has 0 atom stereocenters. The van der Waals surface area contributed by atoms with E-state index in [0.29, 0.717) is 31.4 Å². The summed E-state index contributed by atoms with van der Waals surface area (Å²) >= 11 is 0. The van der Waals surface area contributed by atoms with Crippen LogP contribution in [0.3, 0.4) is 0 Å². The smallest absolute Gasteiger partial charge is 0.230 e. The SMILES string of the molecule is Nc1nc(Cc2ccccn2)nc(N2CCOCC2)n1. The van der Waals surface area contributed by atoms with Crippen LogP contribution in [0.1, 0.15) is 11.5 Å². The first kappa shape index (κ1) is 12.7. The third-order valence-corrected chi connectivity index (χ3v) is 3.05. The average Bonchev–Trinajstić information content (AvgIpc) is 2.49. The molecule has 2 aromatic heterocycles. The van der Waals surface area contributed by atoms with Crippen LogP contribution < -0.4 is 10.6 Å². The maximum atomic E-state index is 5.78. The summed E-state index contributed by atoms with van der Waals surface area (Å²) in [5.74, 6) is 1.50. The molecule has 0 unspecified atom stereocenters. The molecule has 1 saturated heterocycles. The van der Waals surface area contributed by atoms with Crippen LogP contribution in [0.4, 0.5) is 11.9 Å². The van der Waals surface area contributed by atoms with Gasteiger partial charge in [-0.25, -0.2) is 0 Å². The summed E-state index contributed by atoms with van der Waals surface area (Å²) in [7, 11) is 0. The summed E-state index contributed by atoms with van der Waals surface area (Å²) in [6, 6.07) is 5.76. The number of nitrogens with zero attached hydrogens (tertiary/aromatic N) is 5. The van der Waals surface area contributed by atoms with E-state index in [0.717, 1.165) is 18.8 Å². The fourth-order valence-electron chi connectivity index (χ4n) is 2.07. The molecule has 0 aliphatic carbocycles. The molecule has 3 heterocycles. The number of pyridine rings is 1. The van der Waals surface area contributed by atoms with Crippen molar-refractivity contribution in [3.05, 3.63) is 35.9 Å². The molecule has 0 saturated carbocycles. The van der Waals surface area contributed by atoms with Gasteiger partial charge in [-0.15, -0.1) is 0 Å². The number of anilines is 2. The molecule has 104 valence electrons. The highest BCUT2D eigenvalue weighted by Gasteiger charge is 2.16. The van der Waals surface area contributed by atoms with E-state index in [-0.39, 0.29) is 5.95 Å². The Balaban J connectivity index is 1.82. The molecule has 0 bridgehead atoms. The van der Waals surface area contributed by atoms with E-state index >= 15 is 0 Å². The summed E-state index contributed by atoms with van der Waals surface area (Å²) < 4.78 is 5.32. The van der Waals surface area contributed by atoms with Crippen molar-refractivity contribution >= 4 is 11.9 Å². The Bertz CT molecular complexity index is 570. The maximum absolute atomic E-state index is 5.78. The molecule has 0 radical (unpaired) electrons. The lowest BCUT2D eigenvalue weighted by atomic mass is 10.2. The quantitative estimate of drug-likeness (QED) is 0.858. The highest BCUT2D eigenvalue weighted by molar-refractivity contribution is 5.35. The number of nitrogens with two attached hydrogens (primary N) is 1. The van der Waals surface area contributed by atoms with Gasteiger partial charge in [-0.3, -0.25) is 4.98 Å². The van der Waals surface area contributed by atoms with Gasteiger partial charge in [-0.2, -0.15) is 15.0 Å². The number of nitrogen functional groups attached to an aromatic ring is 1. The molecular formula is C13H16N6O. The second kappa shape index (κ2) is 5.79. The van der Waals surface area contributed by atoms with E-state index in [1.807, 2.05) is 18.2 Å². The zero-order valence-corrected chi connectivity index (χ0v) is 11.1. The lowest BCUT2D eigenvalue weighted by Gasteiger charge is -2.26. The highest BCUT2D eigenvalue weighted by atomic mass is 16.5. The van der Waals surface area contributed by atoms with Gasteiger partial charge in [0.1, 0.15) is 5.82 Å². The monoisotopic (exact) mass is 272 g/mol. The third kappa shape index (κ3) is 3.00. The molecule has 1 aliphatic heterocycles. The Morgan fingerprint density at radius 2 is 2.00 bits per heavy atom. The van der Waals surface area contributed by atoms with Gasteiger partial charge in [0.05, 0.1) is 19.6 Å². The van der Waals surface area contributed by atoms with E-state index in [9.17, 15) is 0 Å². The van der Waals surface area contributed by atoms with Gasteiger partial charge < -0.3 is 15.4 Å². The van der Waals surface area contributed by atoms with Gasteiger partial charge in [0.15, 0.2) is 0 Å². The van der Waals surface area contributed by atoms with E-state index in [1.165, 1.54) is 0 Å².